The average molecular weight is 198 g/mol. The van der Waals surface area contributed by atoms with Crippen LogP contribution in [0.2, 0.25) is 0 Å². The molecule has 1 heterocycles. The fourth-order valence-corrected chi connectivity index (χ4v) is 2.04. The second kappa shape index (κ2) is 4.30. The summed E-state index contributed by atoms with van der Waals surface area (Å²) in [6.45, 7) is 9.18. The quantitative estimate of drug-likeness (QED) is 0.746. The standard InChI is InChI=1S/C11H22N2O/c1-5-8-13-9(6-2)12-11(4,7-3)10(13)14/h9,12H,5-8H2,1-4H3. The Labute approximate surface area is 86.9 Å². The molecule has 1 amide bonds. The summed E-state index contributed by atoms with van der Waals surface area (Å²) in [5.74, 6) is 0.272. The van der Waals surface area contributed by atoms with Gasteiger partial charge in [-0.05, 0) is 26.2 Å². The Balaban J connectivity index is 2.79. The molecule has 1 rings (SSSR count). The lowest BCUT2D eigenvalue weighted by Gasteiger charge is -2.22. The predicted molar refractivity (Wildman–Crippen MR) is 57.9 cm³/mol. The van der Waals surface area contributed by atoms with Crippen molar-refractivity contribution >= 4 is 5.91 Å². The van der Waals surface area contributed by atoms with Crippen LogP contribution in [-0.4, -0.2) is 29.1 Å². The Morgan fingerprint density at radius 3 is 2.50 bits per heavy atom. The first kappa shape index (κ1) is 11.5. The molecule has 2 unspecified atom stereocenters. The number of amides is 1. The Morgan fingerprint density at radius 2 is 2.07 bits per heavy atom. The van der Waals surface area contributed by atoms with Crippen LogP contribution in [0.25, 0.3) is 0 Å². The molecule has 0 aromatic carbocycles. The van der Waals surface area contributed by atoms with E-state index in [-0.39, 0.29) is 17.6 Å². The molecule has 0 spiro atoms. The topological polar surface area (TPSA) is 32.3 Å². The van der Waals surface area contributed by atoms with Crippen LogP contribution in [0.3, 0.4) is 0 Å². The number of carbonyl (C=O) groups is 1. The zero-order valence-electron chi connectivity index (χ0n) is 9.76. The predicted octanol–water partition coefficient (Wildman–Crippen LogP) is 1.73. The van der Waals surface area contributed by atoms with Crippen molar-refractivity contribution in [1.82, 2.24) is 10.2 Å². The highest BCUT2D eigenvalue weighted by atomic mass is 16.2. The van der Waals surface area contributed by atoms with Crippen molar-refractivity contribution in [1.29, 1.82) is 0 Å². The molecule has 1 aliphatic heterocycles. The number of nitrogens with zero attached hydrogens (tertiary/aromatic N) is 1. The van der Waals surface area contributed by atoms with Crippen molar-refractivity contribution in [3.05, 3.63) is 0 Å². The molecule has 1 saturated heterocycles. The molecular weight excluding hydrogens is 176 g/mol. The van der Waals surface area contributed by atoms with Gasteiger partial charge in [0.25, 0.3) is 0 Å². The van der Waals surface area contributed by atoms with E-state index in [1.54, 1.807) is 0 Å². The summed E-state index contributed by atoms with van der Waals surface area (Å²) in [7, 11) is 0. The number of rotatable bonds is 4. The van der Waals surface area contributed by atoms with Crippen LogP contribution >= 0.6 is 0 Å². The van der Waals surface area contributed by atoms with E-state index in [1.165, 1.54) is 0 Å². The summed E-state index contributed by atoms with van der Waals surface area (Å²) >= 11 is 0. The zero-order chi connectivity index (χ0) is 10.8. The van der Waals surface area contributed by atoms with E-state index in [2.05, 4.69) is 26.1 Å². The van der Waals surface area contributed by atoms with E-state index < -0.39 is 0 Å². The van der Waals surface area contributed by atoms with Gasteiger partial charge in [-0.2, -0.15) is 0 Å². The minimum absolute atomic E-state index is 0.243. The first-order valence-electron chi connectivity index (χ1n) is 5.67. The normalized spacial score (nSPS) is 32.7. The molecule has 0 aromatic rings. The van der Waals surface area contributed by atoms with Crippen LogP contribution in [-0.2, 0) is 4.79 Å². The second-order valence-electron chi connectivity index (χ2n) is 4.25. The Kier molecular flexibility index (Phi) is 3.53. The van der Waals surface area contributed by atoms with Gasteiger partial charge in [-0.3, -0.25) is 10.1 Å². The highest BCUT2D eigenvalue weighted by Gasteiger charge is 2.45. The molecule has 1 fully saturated rings. The number of hydrogen-bond donors (Lipinski definition) is 1. The molecule has 0 saturated carbocycles. The lowest BCUT2D eigenvalue weighted by molar-refractivity contribution is -0.133. The van der Waals surface area contributed by atoms with Gasteiger partial charge >= 0.3 is 0 Å². The van der Waals surface area contributed by atoms with Crippen LogP contribution in [0.5, 0.6) is 0 Å². The maximum absolute atomic E-state index is 12.1. The maximum atomic E-state index is 12.1. The van der Waals surface area contributed by atoms with E-state index in [4.69, 9.17) is 0 Å². The molecule has 2 atom stereocenters. The smallest absolute Gasteiger partial charge is 0.243 e. The average Bonchev–Trinajstić information content (AvgIpc) is 2.44. The summed E-state index contributed by atoms with van der Waals surface area (Å²) in [6.07, 6.45) is 3.13. The van der Waals surface area contributed by atoms with Crippen molar-refractivity contribution < 1.29 is 4.79 Å². The van der Waals surface area contributed by atoms with Crippen LogP contribution < -0.4 is 5.32 Å². The molecular formula is C11H22N2O. The van der Waals surface area contributed by atoms with Gasteiger partial charge in [0.15, 0.2) is 0 Å². The molecule has 0 aromatic heterocycles. The molecule has 1 aliphatic rings. The van der Waals surface area contributed by atoms with E-state index in [1.807, 2.05) is 11.8 Å². The molecule has 3 nitrogen and oxygen atoms in total. The van der Waals surface area contributed by atoms with Gasteiger partial charge in [0.2, 0.25) is 5.91 Å². The number of nitrogens with one attached hydrogen (secondary N) is 1. The van der Waals surface area contributed by atoms with E-state index in [0.717, 1.165) is 25.8 Å². The minimum Gasteiger partial charge on any atom is -0.326 e. The van der Waals surface area contributed by atoms with Crippen molar-refractivity contribution in [3.63, 3.8) is 0 Å². The second-order valence-corrected chi connectivity index (χ2v) is 4.25. The van der Waals surface area contributed by atoms with E-state index >= 15 is 0 Å². The first-order valence-corrected chi connectivity index (χ1v) is 5.67. The highest BCUT2D eigenvalue weighted by molar-refractivity contribution is 5.88. The zero-order valence-corrected chi connectivity index (χ0v) is 9.76. The van der Waals surface area contributed by atoms with Gasteiger partial charge in [0.1, 0.15) is 0 Å². The molecule has 82 valence electrons. The van der Waals surface area contributed by atoms with E-state index in [0.29, 0.717) is 0 Å². The summed E-state index contributed by atoms with van der Waals surface area (Å²) in [4.78, 5) is 14.1. The Bertz CT molecular complexity index is 217. The third-order valence-corrected chi connectivity index (χ3v) is 3.15. The van der Waals surface area contributed by atoms with Crippen LogP contribution in [0.4, 0.5) is 0 Å². The molecule has 0 bridgehead atoms. The van der Waals surface area contributed by atoms with Crippen molar-refractivity contribution in [2.45, 2.75) is 58.7 Å². The molecule has 3 heteroatoms. The summed E-state index contributed by atoms with van der Waals surface area (Å²) in [6, 6.07) is 0. The van der Waals surface area contributed by atoms with Gasteiger partial charge in [0, 0.05) is 6.54 Å². The van der Waals surface area contributed by atoms with Crippen molar-refractivity contribution in [2.75, 3.05) is 6.54 Å². The van der Waals surface area contributed by atoms with Gasteiger partial charge in [-0.25, -0.2) is 0 Å². The monoisotopic (exact) mass is 198 g/mol. The van der Waals surface area contributed by atoms with Crippen molar-refractivity contribution in [3.8, 4) is 0 Å². The molecule has 0 radical (unpaired) electrons. The summed E-state index contributed by atoms with van der Waals surface area (Å²) in [5.41, 5.74) is -0.324. The molecule has 1 N–H and O–H groups in total. The molecule has 0 aliphatic carbocycles. The fraction of sp³-hybridized carbons (Fsp3) is 0.909. The third-order valence-electron chi connectivity index (χ3n) is 3.15. The lowest BCUT2D eigenvalue weighted by atomic mass is 9.99. The third kappa shape index (κ3) is 1.78. The van der Waals surface area contributed by atoms with Crippen LogP contribution in [0.15, 0.2) is 0 Å². The maximum Gasteiger partial charge on any atom is 0.243 e. The minimum atomic E-state index is -0.324. The summed E-state index contributed by atoms with van der Waals surface area (Å²) in [5, 5.41) is 3.43. The fourth-order valence-electron chi connectivity index (χ4n) is 2.04. The van der Waals surface area contributed by atoms with Gasteiger partial charge in [-0.1, -0.05) is 20.8 Å². The van der Waals surface area contributed by atoms with Gasteiger partial charge in [-0.15, -0.1) is 0 Å². The Morgan fingerprint density at radius 1 is 1.43 bits per heavy atom. The van der Waals surface area contributed by atoms with Gasteiger partial charge < -0.3 is 4.90 Å². The number of hydrogen-bond acceptors (Lipinski definition) is 2. The van der Waals surface area contributed by atoms with Gasteiger partial charge in [0.05, 0.1) is 11.7 Å². The van der Waals surface area contributed by atoms with Crippen LogP contribution in [0, 0.1) is 0 Å². The number of carbonyl (C=O) groups excluding carboxylic acids is 1. The largest absolute Gasteiger partial charge is 0.326 e. The Hall–Kier alpha value is -0.570. The molecule has 14 heavy (non-hydrogen) atoms. The van der Waals surface area contributed by atoms with Crippen LogP contribution in [0.1, 0.15) is 47.0 Å². The first-order chi connectivity index (χ1) is 6.59. The SMILES string of the molecule is CCCN1C(=O)C(C)(CC)NC1CC. The highest BCUT2D eigenvalue weighted by Crippen LogP contribution is 2.24. The summed E-state index contributed by atoms with van der Waals surface area (Å²) < 4.78 is 0. The van der Waals surface area contributed by atoms with Crippen molar-refractivity contribution in [2.24, 2.45) is 0 Å². The van der Waals surface area contributed by atoms with E-state index in [9.17, 15) is 4.79 Å². The lowest BCUT2D eigenvalue weighted by Crippen LogP contribution is -2.43.